The van der Waals surface area contributed by atoms with Crippen LogP contribution in [0.5, 0.6) is 0 Å². The maximum atomic E-state index is 12.8. The van der Waals surface area contributed by atoms with Crippen LogP contribution in [-0.2, 0) is 4.79 Å². The second-order valence-corrected chi connectivity index (χ2v) is 4.79. The molecule has 0 bridgehead atoms. The molecule has 94 valence electrons. The Balaban J connectivity index is 2.86. The fourth-order valence-electron chi connectivity index (χ4n) is 1.68. The van der Waals surface area contributed by atoms with Gasteiger partial charge in [-0.15, -0.1) is 0 Å². The number of carboxylic acids is 1. The normalized spacial score (nSPS) is 13.4. The maximum Gasteiger partial charge on any atom is 0.309 e. The number of hydrogen-bond acceptors (Lipinski definition) is 2. The molecule has 0 saturated carbocycles. The van der Waals surface area contributed by atoms with Crippen LogP contribution >= 0.6 is 0 Å². The molecular weight excluding hydrogens is 221 g/mol. The molecule has 0 aliphatic carbocycles. The molecule has 1 rings (SSSR count). The van der Waals surface area contributed by atoms with Crippen LogP contribution in [0.25, 0.3) is 0 Å². The summed E-state index contributed by atoms with van der Waals surface area (Å²) in [6.07, 6.45) is 0.449. The monoisotopic (exact) mass is 239 g/mol. The van der Waals surface area contributed by atoms with Gasteiger partial charge in [-0.25, -0.2) is 4.39 Å². The largest absolute Gasteiger partial charge is 0.481 e. The van der Waals surface area contributed by atoms with Gasteiger partial charge in [0.15, 0.2) is 0 Å². The minimum Gasteiger partial charge on any atom is -0.481 e. The summed E-state index contributed by atoms with van der Waals surface area (Å²) in [4.78, 5) is 11.1. The van der Waals surface area contributed by atoms with Crippen molar-refractivity contribution in [3.63, 3.8) is 0 Å². The number of benzene rings is 1. The van der Waals surface area contributed by atoms with Gasteiger partial charge in [0.25, 0.3) is 0 Å². The van der Waals surface area contributed by atoms with Gasteiger partial charge < -0.3 is 10.4 Å². The Hall–Kier alpha value is -1.42. The predicted molar refractivity (Wildman–Crippen MR) is 64.2 cm³/mol. The number of aliphatic carboxylic acids is 1. The van der Waals surface area contributed by atoms with Crippen LogP contribution in [0.15, 0.2) is 24.3 Å². The lowest BCUT2D eigenvalue weighted by Gasteiger charge is -2.26. The molecule has 0 radical (unpaired) electrons. The van der Waals surface area contributed by atoms with E-state index in [2.05, 4.69) is 5.32 Å². The van der Waals surface area contributed by atoms with Gasteiger partial charge in [0.1, 0.15) is 5.82 Å². The van der Waals surface area contributed by atoms with Gasteiger partial charge in [0.05, 0.1) is 5.41 Å². The van der Waals surface area contributed by atoms with Gasteiger partial charge in [0, 0.05) is 6.04 Å². The minimum absolute atomic E-state index is 0.0956. The zero-order valence-electron chi connectivity index (χ0n) is 10.3. The van der Waals surface area contributed by atoms with Crippen molar-refractivity contribution in [2.75, 3.05) is 7.05 Å². The lowest BCUT2D eigenvalue weighted by atomic mass is 9.83. The molecule has 2 N–H and O–H groups in total. The molecule has 0 aromatic heterocycles. The summed E-state index contributed by atoms with van der Waals surface area (Å²) in [7, 11) is 1.77. The van der Waals surface area contributed by atoms with Crippen LogP contribution in [0.4, 0.5) is 4.39 Å². The molecule has 1 aromatic carbocycles. The number of nitrogens with one attached hydrogen (secondary N) is 1. The number of rotatable bonds is 5. The van der Waals surface area contributed by atoms with Crippen LogP contribution < -0.4 is 5.32 Å². The van der Waals surface area contributed by atoms with Gasteiger partial charge in [-0.05, 0) is 45.0 Å². The summed E-state index contributed by atoms with van der Waals surface area (Å²) in [6.45, 7) is 3.37. The summed E-state index contributed by atoms with van der Waals surface area (Å²) in [5, 5.41) is 12.2. The Labute approximate surface area is 101 Å². The predicted octanol–water partition coefficient (Wildman–Crippen LogP) is 2.59. The van der Waals surface area contributed by atoms with E-state index >= 15 is 0 Å². The molecule has 3 nitrogen and oxygen atoms in total. The molecule has 4 heteroatoms. The number of carboxylic acid groups (broad SMARTS) is 1. The van der Waals surface area contributed by atoms with Gasteiger partial charge in [-0.2, -0.15) is 0 Å². The first kappa shape index (κ1) is 13.6. The van der Waals surface area contributed by atoms with Gasteiger partial charge in [-0.1, -0.05) is 12.1 Å². The Bertz CT molecular complexity index is 387. The summed E-state index contributed by atoms with van der Waals surface area (Å²) in [5.41, 5.74) is 0.0745. The highest BCUT2D eigenvalue weighted by Crippen LogP contribution is 2.30. The van der Waals surface area contributed by atoms with Crippen molar-refractivity contribution >= 4 is 5.97 Å². The highest BCUT2D eigenvalue weighted by Gasteiger charge is 2.30. The zero-order valence-corrected chi connectivity index (χ0v) is 10.3. The van der Waals surface area contributed by atoms with Crippen LogP contribution in [0.1, 0.15) is 31.9 Å². The Morgan fingerprint density at radius 2 is 1.94 bits per heavy atom. The first-order valence-corrected chi connectivity index (χ1v) is 5.53. The molecule has 0 fully saturated rings. The molecule has 0 heterocycles. The summed E-state index contributed by atoms with van der Waals surface area (Å²) in [6, 6.07) is 6.02. The molecule has 0 amide bonds. The molecular formula is C13H18FNO2. The van der Waals surface area contributed by atoms with Crippen LogP contribution in [0.3, 0.4) is 0 Å². The van der Waals surface area contributed by atoms with Gasteiger partial charge >= 0.3 is 5.97 Å². The average Bonchev–Trinajstić information content (AvgIpc) is 2.27. The molecule has 1 atom stereocenters. The SMILES string of the molecule is CNC(CC(C)(C)C(=O)O)c1ccc(F)cc1. The fraction of sp³-hybridized carbons (Fsp3) is 0.462. The van der Waals surface area contributed by atoms with E-state index in [1.165, 1.54) is 12.1 Å². The quantitative estimate of drug-likeness (QED) is 0.830. The van der Waals surface area contributed by atoms with Crippen molar-refractivity contribution in [3.05, 3.63) is 35.6 Å². The lowest BCUT2D eigenvalue weighted by Crippen LogP contribution is -2.30. The molecule has 1 aromatic rings. The zero-order chi connectivity index (χ0) is 13.1. The standard InChI is InChI=1S/C13H18FNO2/c1-13(2,12(16)17)8-11(15-3)9-4-6-10(14)7-5-9/h4-7,11,15H,8H2,1-3H3,(H,16,17). The summed E-state index contributed by atoms with van der Waals surface area (Å²) < 4.78 is 12.8. The third kappa shape index (κ3) is 3.53. The van der Waals surface area contributed by atoms with Crippen molar-refractivity contribution in [3.8, 4) is 0 Å². The molecule has 0 saturated heterocycles. The van der Waals surface area contributed by atoms with Crippen molar-refractivity contribution in [1.29, 1.82) is 0 Å². The van der Waals surface area contributed by atoms with E-state index in [-0.39, 0.29) is 11.9 Å². The van der Waals surface area contributed by atoms with Crippen molar-refractivity contribution in [2.45, 2.75) is 26.3 Å². The highest BCUT2D eigenvalue weighted by atomic mass is 19.1. The second kappa shape index (κ2) is 5.27. The Kier molecular flexibility index (Phi) is 4.23. The molecule has 1 unspecified atom stereocenters. The van der Waals surface area contributed by atoms with Crippen molar-refractivity contribution in [2.24, 2.45) is 5.41 Å². The van der Waals surface area contributed by atoms with E-state index in [1.54, 1.807) is 33.0 Å². The second-order valence-electron chi connectivity index (χ2n) is 4.79. The van der Waals surface area contributed by atoms with E-state index in [0.717, 1.165) is 5.56 Å². The highest BCUT2D eigenvalue weighted by molar-refractivity contribution is 5.73. The Morgan fingerprint density at radius 3 is 2.35 bits per heavy atom. The van der Waals surface area contributed by atoms with E-state index in [4.69, 9.17) is 5.11 Å². The van der Waals surface area contributed by atoms with Gasteiger partial charge in [0.2, 0.25) is 0 Å². The van der Waals surface area contributed by atoms with Crippen LogP contribution in [0, 0.1) is 11.2 Å². The van der Waals surface area contributed by atoms with Crippen molar-refractivity contribution in [1.82, 2.24) is 5.32 Å². The average molecular weight is 239 g/mol. The molecule has 0 aliphatic heterocycles. The van der Waals surface area contributed by atoms with Crippen LogP contribution in [-0.4, -0.2) is 18.1 Å². The number of hydrogen-bond donors (Lipinski definition) is 2. The Morgan fingerprint density at radius 1 is 1.41 bits per heavy atom. The minimum atomic E-state index is -0.833. The van der Waals surface area contributed by atoms with Crippen molar-refractivity contribution < 1.29 is 14.3 Å². The fourth-order valence-corrected chi connectivity index (χ4v) is 1.68. The van der Waals surface area contributed by atoms with Crippen LogP contribution in [0.2, 0.25) is 0 Å². The number of halogens is 1. The summed E-state index contributed by atoms with van der Waals surface area (Å²) >= 11 is 0. The molecule has 0 spiro atoms. The number of carbonyl (C=O) groups is 1. The van der Waals surface area contributed by atoms with E-state index in [0.29, 0.717) is 6.42 Å². The van der Waals surface area contributed by atoms with E-state index < -0.39 is 11.4 Å². The topological polar surface area (TPSA) is 49.3 Å². The maximum absolute atomic E-state index is 12.8. The first-order valence-electron chi connectivity index (χ1n) is 5.53. The molecule has 0 aliphatic rings. The smallest absolute Gasteiger partial charge is 0.309 e. The third-order valence-corrected chi connectivity index (χ3v) is 2.91. The molecule has 17 heavy (non-hydrogen) atoms. The third-order valence-electron chi connectivity index (χ3n) is 2.91. The lowest BCUT2D eigenvalue weighted by molar-refractivity contribution is -0.147. The van der Waals surface area contributed by atoms with E-state index in [1.807, 2.05) is 0 Å². The van der Waals surface area contributed by atoms with Gasteiger partial charge in [-0.3, -0.25) is 4.79 Å². The summed E-state index contributed by atoms with van der Waals surface area (Å²) in [5.74, 6) is -1.12. The first-order chi connectivity index (χ1) is 7.86. The van der Waals surface area contributed by atoms with E-state index in [9.17, 15) is 9.18 Å².